The quantitative estimate of drug-likeness (QED) is 0.734. The summed E-state index contributed by atoms with van der Waals surface area (Å²) in [6.07, 6.45) is 3.30. The second-order valence-corrected chi connectivity index (χ2v) is 5.58. The van der Waals surface area contributed by atoms with Crippen molar-refractivity contribution in [3.05, 3.63) is 0 Å². The maximum absolute atomic E-state index is 12.6. The van der Waals surface area contributed by atoms with E-state index < -0.39 is 0 Å². The zero-order chi connectivity index (χ0) is 13.8. The monoisotopic (exact) mass is 267 g/mol. The summed E-state index contributed by atoms with van der Waals surface area (Å²) in [6, 6.07) is -0.198. The summed E-state index contributed by atoms with van der Waals surface area (Å²) in [7, 11) is 2.09. The van der Waals surface area contributed by atoms with Gasteiger partial charge in [-0.25, -0.2) is 0 Å². The number of carbonyl (C=O) groups is 2. The van der Waals surface area contributed by atoms with Crippen LogP contribution in [-0.4, -0.2) is 72.3 Å². The van der Waals surface area contributed by atoms with E-state index in [9.17, 15) is 9.59 Å². The van der Waals surface area contributed by atoms with Crippen molar-refractivity contribution in [2.75, 3.05) is 39.8 Å². The molecule has 2 aliphatic heterocycles. The number of likely N-dealkylation sites (N-methyl/N-ethyl adjacent to an activating group) is 1. The Hall–Kier alpha value is -1.10. The first-order chi connectivity index (χ1) is 9.13. The third-order valence-corrected chi connectivity index (χ3v) is 4.19. The van der Waals surface area contributed by atoms with Crippen molar-refractivity contribution in [2.45, 2.75) is 38.6 Å². The van der Waals surface area contributed by atoms with Crippen LogP contribution in [0.3, 0.4) is 0 Å². The van der Waals surface area contributed by atoms with E-state index in [1.807, 2.05) is 11.8 Å². The van der Waals surface area contributed by atoms with Crippen molar-refractivity contribution < 1.29 is 9.59 Å². The van der Waals surface area contributed by atoms with E-state index in [4.69, 9.17) is 0 Å². The summed E-state index contributed by atoms with van der Waals surface area (Å²) in [5, 5.41) is 0. The molecule has 0 aromatic heterocycles. The topological polar surface area (TPSA) is 43.9 Å². The summed E-state index contributed by atoms with van der Waals surface area (Å²) in [6.45, 7) is 6.21. The van der Waals surface area contributed by atoms with Gasteiger partial charge in [-0.2, -0.15) is 0 Å². The highest BCUT2D eigenvalue weighted by Crippen LogP contribution is 2.21. The Morgan fingerprint density at radius 3 is 2.58 bits per heavy atom. The van der Waals surface area contributed by atoms with E-state index in [0.29, 0.717) is 6.42 Å². The van der Waals surface area contributed by atoms with E-state index >= 15 is 0 Å². The number of carbonyl (C=O) groups excluding carboxylic acids is 2. The van der Waals surface area contributed by atoms with Crippen molar-refractivity contribution in [1.29, 1.82) is 0 Å². The molecule has 2 fully saturated rings. The van der Waals surface area contributed by atoms with Gasteiger partial charge in [0.1, 0.15) is 6.04 Å². The standard InChI is InChI=1S/C14H25N3O2/c1-3-13(18)17-9-4-6-12(17)14(19)16-8-5-7-15(2)10-11-16/h12H,3-11H2,1-2H3/t12-/m0/s1. The lowest BCUT2D eigenvalue weighted by atomic mass is 10.1. The van der Waals surface area contributed by atoms with Gasteiger partial charge in [0.2, 0.25) is 11.8 Å². The van der Waals surface area contributed by atoms with Crippen LogP contribution in [0, 0.1) is 0 Å². The molecule has 0 bridgehead atoms. The molecule has 2 aliphatic rings. The second-order valence-electron chi connectivity index (χ2n) is 5.58. The van der Waals surface area contributed by atoms with E-state index in [2.05, 4.69) is 11.9 Å². The van der Waals surface area contributed by atoms with Crippen LogP contribution < -0.4 is 0 Å². The Morgan fingerprint density at radius 1 is 1.05 bits per heavy atom. The molecule has 0 saturated carbocycles. The maximum atomic E-state index is 12.6. The molecule has 2 rings (SSSR count). The second kappa shape index (κ2) is 6.37. The van der Waals surface area contributed by atoms with Crippen LogP contribution in [-0.2, 0) is 9.59 Å². The van der Waals surface area contributed by atoms with Crippen molar-refractivity contribution in [3.8, 4) is 0 Å². The minimum Gasteiger partial charge on any atom is -0.340 e. The van der Waals surface area contributed by atoms with Gasteiger partial charge in [0, 0.05) is 32.6 Å². The van der Waals surface area contributed by atoms with E-state index in [-0.39, 0.29) is 17.9 Å². The number of hydrogen-bond acceptors (Lipinski definition) is 3. The average Bonchev–Trinajstić information content (AvgIpc) is 2.80. The predicted molar refractivity (Wildman–Crippen MR) is 73.7 cm³/mol. The van der Waals surface area contributed by atoms with Crippen LogP contribution in [0.1, 0.15) is 32.6 Å². The SMILES string of the molecule is CCC(=O)N1CCC[C@H]1C(=O)N1CCCN(C)CC1. The van der Waals surface area contributed by atoms with Gasteiger partial charge in [0.05, 0.1) is 0 Å². The average molecular weight is 267 g/mol. The Balaban J connectivity index is 1.99. The molecular weight excluding hydrogens is 242 g/mol. The van der Waals surface area contributed by atoms with Crippen molar-refractivity contribution in [2.24, 2.45) is 0 Å². The van der Waals surface area contributed by atoms with Gasteiger partial charge in [-0.1, -0.05) is 6.92 Å². The molecule has 0 unspecified atom stereocenters. The molecule has 0 N–H and O–H groups in total. The van der Waals surface area contributed by atoms with Gasteiger partial charge in [0.25, 0.3) is 0 Å². The van der Waals surface area contributed by atoms with Gasteiger partial charge in [-0.15, -0.1) is 0 Å². The highest BCUT2D eigenvalue weighted by Gasteiger charge is 2.35. The van der Waals surface area contributed by atoms with Crippen molar-refractivity contribution in [1.82, 2.24) is 14.7 Å². The summed E-state index contributed by atoms with van der Waals surface area (Å²) in [5.41, 5.74) is 0. The smallest absolute Gasteiger partial charge is 0.245 e. The minimum atomic E-state index is -0.198. The lowest BCUT2D eigenvalue weighted by Crippen LogP contribution is -2.48. The van der Waals surface area contributed by atoms with Crippen LogP contribution in [0.4, 0.5) is 0 Å². The lowest BCUT2D eigenvalue weighted by Gasteiger charge is -2.29. The molecule has 0 radical (unpaired) electrons. The molecule has 5 heteroatoms. The molecule has 2 amide bonds. The van der Waals surface area contributed by atoms with Crippen molar-refractivity contribution in [3.63, 3.8) is 0 Å². The van der Waals surface area contributed by atoms with Crippen LogP contribution in [0.25, 0.3) is 0 Å². The van der Waals surface area contributed by atoms with Crippen LogP contribution >= 0.6 is 0 Å². The van der Waals surface area contributed by atoms with Gasteiger partial charge in [-0.05, 0) is 32.9 Å². The predicted octanol–water partition coefficient (Wildman–Crippen LogP) is 0.552. The van der Waals surface area contributed by atoms with Crippen LogP contribution in [0.5, 0.6) is 0 Å². The largest absolute Gasteiger partial charge is 0.340 e. The van der Waals surface area contributed by atoms with E-state index in [1.165, 1.54) is 0 Å². The summed E-state index contributed by atoms with van der Waals surface area (Å²) >= 11 is 0. The maximum Gasteiger partial charge on any atom is 0.245 e. The molecule has 0 aliphatic carbocycles. The molecular formula is C14H25N3O2. The van der Waals surface area contributed by atoms with Gasteiger partial charge >= 0.3 is 0 Å². The highest BCUT2D eigenvalue weighted by atomic mass is 16.2. The molecule has 108 valence electrons. The van der Waals surface area contributed by atoms with Crippen molar-refractivity contribution >= 4 is 11.8 Å². The Labute approximate surface area is 115 Å². The molecule has 0 spiro atoms. The van der Waals surface area contributed by atoms with E-state index in [0.717, 1.165) is 52.0 Å². The molecule has 0 aromatic carbocycles. The van der Waals surface area contributed by atoms with Gasteiger partial charge in [0.15, 0.2) is 0 Å². The first kappa shape index (κ1) is 14.3. The van der Waals surface area contributed by atoms with E-state index in [1.54, 1.807) is 4.90 Å². The number of hydrogen-bond donors (Lipinski definition) is 0. The first-order valence-corrected chi connectivity index (χ1v) is 7.40. The Bertz CT molecular complexity index is 346. The zero-order valence-electron chi connectivity index (χ0n) is 12.1. The highest BCUT2D eigenvalue weighted by molar-refractivity contribution is 5.88. The third-order valence-electron chi connectivity index (χ3n) is 4.19. The number of nitrogens with zero attached hydrogens (tertiary/aromatic N) is 3. The number of rotatable bonds is 2. The minimum absolute atomic E-state index is 0.114. The normalized spacial score (nSPS) is 25.5. The molecule has 2 heterocycles. The Kier molecular flexibility index (Phi) is 4.80. The number of likely N-dealkylation sites (tertiary alicyclic amines) is 1. The summed E-state index contributed by atoms with van der Waals surface area (Å²) in [4.78, 5) is 30.5. The van der Waals surface area contributed by atoms with Gasteiger partial charge < -0.3 is 14.7 Å². The molecule has 5 nitrogen and oxygen atoms in total. The fraction of sp³-hybridized carbons (Fsp3) is 0.857. The first-order valence-electron chi connectivity index (χ1n) is 7.40. The Morgan fingerprint density at radius 2 is 1.84 bits per heavy atom. The fourth-order valence-electron chi connectivity index (χ4n) is 3.00. The molecule has 19 heavy (non-hydrogen) atoms. The summed E-state index contributed by atoms with van der Waals surface area (Å²) < 4.78 is 0. The summed E-state index contributed by atoms with van der Waals surface area (Å²) in [5.74, 6) is 0.275. The lowest BCUT2D eigenvalue weighted by molar-refractivity contribution is -0.143. The van der Waals surface area contributed by atoms with Crippen LogP contribution in [0.2, 0.25) is 0 Å². The fourth-order valence-corrected chi connectivity index (χ4v) is 3.00. The molecule has 1 atom stereocenters. The van der Waals surface area contributed by atoms with Gasteiger partial charge in [-0.3, -0.25) is 9.59 Å². The number of amides is 2. The molecule has 0 aromatic rings. The third kappa shape index (κ3) is 3.26. The van der Waals surface area contributed by atoms with Crippen LogP contribution in [0.15, 0.2) is 0 Å². The zero-order valence-corrected chi connectivity index (χ0v) is 12.1. The molecule has 2 saturated heterocycles.